The smallest absolute Gasteiger partial charge is 0.188 e. The highest BCUT2D eigenvalue weighted by Crippen LogP contribution is 2.14. The predicted molar refractivity (Wildman–Crippen MR) is 72.1 cm³/mol. The van der Waals surface area contributed by atoms with E-state index in [0.717, 1.165) is 17.8 Å². The zero-order valence-corrected chi connectivity index (χ0v) is 10.9. The molecule has 3 N–H and O–H groups in total. The van der Waals surface area contributed by atoms with E-state index in [9.17, 15) is 0 Å². The van der Waals surface area contributed by atoms with Crippen LogP contribution >= 0.6 is 0 Å². The van der Waals surface area contributed by atoms with Gasteiger partial charge >= 0.3 is 0 Å². The summed E-state index contributed by atoms with van der Waals surface area (Å²) in [6.45, 7) is 0.735. The summed E-state index contributed by atoms with van der Waals surface area (Å²) in [5, 5.41) is 15.6. The first-order valence-electron chi connectivity index (χ1n) is 5.73. The van der Waals surface area contributed by atoms with Crippen molar-refractivity contribution in [1.82, 2.24) is 14.8 Å². The van der Waals surface area contributed by atoms with Crippen molar-refractivity contribution in [3.8, 4) is 0 Å². The lowest BCUT2D eigenvalue weighted by molar-refractivity contribution is 0.318. The number of aryl methyl sites for hydroxylation is 1. The van der Waals surface area contributed by atoms with Crippen LogP contribution in [0.2, 0.25) is 0 Å². The van der Waals surface area contributed by atoms with Crippen LogP contribution in [0.25, 0.3) is 0 Å². The fourth-order valence-electron chi connectivity index (χ4n) is 1.73. The normalized spacial score (nSPS) is 11.6. The van der Waals surface area contributed by atoms with Gasteiger partial charge in [-0.05, 0) is 12.1 Å². The molecule has 0 saturated heterocycles. The highest BCUT2D eigenvalue weighted by molar-refractivity contribution is 5.95. The van der Waals surface area contributed by atoms with Crippen LogP contribution in [0.4, 0.5) is 5.69 Å². The highest BCUT2D eigenvalue weighted by atomic mass is 16.4. The maximum Gasteiger partial charge on any atom is 0.188 e. The monoisotopic (exact) mass is 260 g/mol. The van der Waals surface area contributed by atoms with Crippen LogP contribution < -0.4 is 10.6 Å². The first-order chi connectivity index (χ1) is 9.10. The molecule has 0 aliphatic carbocycles. The summed E-state index contributed by atoms with van der Waals surface area (Å²) >= 11 is 0. The van der Waals surface area contributed by atoms with Crippen molar-refractivity contribution >= 4 is 11.5 Å². The van der Waals surface area contributed by atoms with E-state index in [1.165, 1.54) is 0 Å². The Morgan fingerprint density at radius 2 is 2.26 bits per heavy atom. The molecule has 19 heavy (non-hydrogen) atoms. The SMILES string of the molecule is CN(Cc1cnn(C)c1)c1ccc(/C(N)=N/O)nc1. The second-order valence-electron chi connectivity index (χ2n) is 4.27. The largest absolute Gasteiger partial charge is 0.409 e. The molecule has 0 aliphatic heterocycles. The van der Waals surface area contributed by atoms with Gasteiger partial charge in [0.15, 0.2) is 5.84 Å². The Balaban J connectivity index is 2.09. The summed E-state index contributed by atoms with van der Waals surface area (Å²) in [5.74, 6) is 0.00135. The van der Waals surface area contributed by atoms with E-state index < -0.39 is 0 Å². The zero-order valence-electron chi connectivity index (χ0n) is 10.9. The first kappa shape index (κ1) is 12.9. The van der Waals surface area contributed by atoms with Gasteiger partial charge in [-0.15, -0.1) is 0 Å². The minimum Gasteiger partial charge on any atom is -0.409 e. The highest BCUT2D eigenvalue weighted by Gasteiger charge is 2.06. The Morgan fingerprint density at radius 3 is 2.79 bits per heavy atom. The summed E-state index contributed by atoms with van der Waals surface area (Å²) in [6.07, 6.45) is 5.48. The number of amidine groups is 1. The van der Waals surface area contributed by atoms with Crippen LogP contribution in [0.5, 0.6) is 0 Å². The van der Waals surface area contributed by atoms with E-state index in [4.69, 9.17) is 10.9 Å². The Morgan fingerprint density at radius 1 is 1.47 bits per heavy atom. The third kappa shape index (κ3) is 3.01. The van der Waals surface area contributed by atoms with E-state index in [2.05, 4.69) is 15.2 Å². The zero-order chi connectivity index (χ0) is 13.8. The average molecular weight is 260 g/mol. The van der Waals surface area contributed by atoms with E-state index in [1.807, 2.05) is 37.5 Å². The lowest BCUT2D eigenvalue weighted by Crippen LogP contribution is -2.18. The van der Waals surface area contributed by atoms with E-state index in [0.29, 0.717) is 5.69 Å². The summed E-state index contributed by atoms with van der Waals surface area (Å²) in [6, 6.07) is 3.58. The molecule has 0 aliphatic rings. The van der Waals surface area contributed by atoms with Crippen molar-refractivity contribution in [3.63, 3.8) is 0 Å². The molecule has 2 heterocycles. The van der Waals surface area contributed by atoms with E-state index in [1.54, 1.807) is 16.9 Å². The number of hydrogen-bond acceptors (Lipinski definition) is 5. The van der Waals surface area contributed by atoms with Crippen molar-refractivity contribution < 1.29 is 5.21 Å². The molecule has 0 saturated carbocycles. The summed E-state index contributed by atoms with van der Waals surface area (Å²) < 4.78 is 1.77. The molecule has 0 spiro atoms. The van der Waals surface area contributed by atoms with Gasteiger partial charge in [0.2, 0.25) is 0 Å². The fourth-order valence-corrected chi connectivity index (χ4v) is 1.73. The lowest BCUT2D eigenvalue weighted by atomic mass is 10.2. The van der Waals surface area contributed by atoms with E-state index >= 15 is 0 Å². The van der Waals surface area contributed by atoms with Gasteiger partial charge in [0.05, 0.1) is 18.1 Å². The van der Waals surface area contributed by atoms with Crippen LogP contribution in [0.15, 0.2) is 35.9 Å². The molecular weight excluding hydrogens is 244 g/mol. The Hall–Kier alpha value is -2.57. The number of nitrogens with zero attached hydrogens (tertiary/aromatic N) is 5. The summed E-state index contributed by atoms with van der Waals surface area (Å²) in [4.78, 5) is 6.18. The van der Waals surface area contributed by atoms with Gasteiger partial charge in [-0.2, -0.15) is 5.10 Å². The van der Waals surface area contributed by atoms with Crippen LogP contribution in [0, 0.1) is 0 Å². The molecule has 0 aromatic carbocycles. The molecule has 0 amide bonds. The standard InChI is InChI=1S/C12H16N6O/c1-17(7-9-5-15-18(2)8-9)10-3-4-11(14-6-10)12(13)16-19/h3-6,8,19H,7H2,1-2H3,(H2,13,16). The van der Waals surface area contributed by atoms with Crippen molar-refractivity contribution in [2.75, 3.05) is 11.9 Å². The van der Waals surface area contributed by atoms with Crippen molar-refractivity contribution in [3.05, 3.63) is 42.0 Å². The average Bonchev–Trinajstić information content (AvgIpc) is 2.83. The van der Waals surface area contributed by atoms with Gasteiger partial charge in [-0.3, -0.25) is 9.67 Å². The third-order valence-electron chi connectivity index (χ3n) is 2.74. The second kappa shape index (κ2) is 5.38. The van der Waals surface area contributed by atoms with Crippen LogP contribution in [-0.4, -0.2) is 32.9 Å². The van der Waals surface area contributed by atoms with Crippen molar-refractivity contribution in [2.45, 2.75) is 6.54 Å². The van der Waals surface area contributed by atoms with Crippen LogP contribution in [0.1, 0.15) is 11.3 Å². The van der Waals surface area contributed by atoms with E-state index in [-0.39, 0.29) is 5.84 Å². The fraction of sp³-hybridized carbons (Fsp3) is 0.250. The van der Waals surface area contributed by atoms with Crippen molar-refractivity contribution in [2.24, 2.45) is 17.9 Å². The second-order valence-corrected chi connectivity index (χ2v) is 4.27. The van der Waals surface area contributed by atoms with Gasteiger partial charge in [-0.25, -0.2) is 0 Å². The Bertz CT molecular complexity index is 574. The number of nitrogens with two attached hydrogens (primary N) is 1. The van der Waals surface area contributed by atoms with Gasteiger partial charge < -0.3 is 15.8 Å². The molecule has 0 atom stereocenters. The molecule has 0 unspecified atom stereocenters. The van der Waals surface area contributed by atoms with Crippen molar-refractivity contribution in [1.29, 1.82) is 0 Å². The minimum absolute atomic E-state index is 0.00135. The summed E-state index contributed by atoms with van der Waals surface area (Å²) in [5.41, 5.74) is 7.96. The van der Waals surface area contributed by atoms with Crippen LogP contribution in [0.3, 0.4) is 0 Å². The van der Waals surface area contributed by atoms with Gasteiger partial charge in [0.1, 0.15) is 5.69 Å². The van der Waals surface area contributed by atoms with Gasteiger partial charge in [0.25, 0.3) is 0 Å². The molecule has 100 valence electrons. The molecule has 0 fully saturated rings. The number of hydrogen-bond donors (Lipinski definition) is 2. The topological polar surface area (TPSA) is 92.6 Å². The number of aromatic nitrogens is 3. The Kier molecular flexibility index (Phi) is 3.65. The predicted octanol–water partition coefficient (Wildman–Crippen LogP) is 0.546. The Labute approximate surface area is 111 Å². The number of oxime groups is 1. The molecule has 0 bridgehead atoms. The third-order valence-corrected chi connectivity index (χ3v) is 2.74. The molecule has 2 aromatic heterocycles. The van der Waals surface area contributed by atoms with Gasteiger partial charge in [0, 0.05) is 32.4 Å². The molecule has 2 rings (SSSR count). The first-order valence-corrected chi connectivity index (χ1v) is 5.73. The molecule has 7 nitrogen and oxygen atoms in total. The summed E-state index contributed by atoms with van der Waals surface area (Å²) in [7, 11) is 3.85. The minimum atomic E-state index is 0.00135. The number of rotatable bonds is 4. The molecule has 0 radical (unpaired) electrons. The molecule has 7 heteroatoms. The van der Waals surface area contributed by atoms with Gasteiger partial charge in [-0.1, -0.05) is 5.16 Å². The maximum absolute atomic E-state index is 8.57. The maximum atomic E-state index is 8.57. The molecular formula is C12H16N6O. The number of anilines is 1. The number of pyridine rings is 1. The quantitative estimate of drug-likeness (QED) is 0.362. The lowest BCUT2D eigenvalue weighted by Gasteiger charge is -2.18. The molecule has 2 aromatic rings. The van der Waals surface area contributed by atoms with Crippen LogP contribution in [-0.2, 0) is 13.6 Å².